The van der Waals surface area contributed by atoms with Gasteiger partial charge in [0, 0.05) is 12.1 Å². The number of carbonyl (C=O) groups is 2. The van der Waals surface area contributed by atoms with Crippen molar-refractivity contribution in [3.63, 3.8) is 0 Å². The molecular formula is C16H14N2O4. The lowest BCUT2D eigenvalue weighted by atomic mass is 9.71. The molecule has 1 aromatic carbocycles. The van der Waals surface area contributed by atoms with Gasteiger partial charge in [-0.2, -0.15) is 0 Å². The fourth-order valence-corrected chi connectivity index (χ4v) is 4.30. The molecule has 0 radical (unpaired) electrons. The number of fused-ring (bicyclic) bond motifs is 5. The van der Waals surface area contributed by atoms with E-state index in [0.717, 1.165) is 11.3 Å². The topological polar surface area (TPSA) is 80.5 Å². The fraction of sp³-hybridized carbons (Fsp3) is 0.375. The summed E-state index contributed by atoms with van der Waals surface area (Å²) >= 11 is 0. The van der Waals surface area contributed by atoms with Crippen molar-refractivity contribution in [3.05, 3.63) is 46.5 Å². The van der Waals surface area contributed by atoms with Gasteiger partial charge in [0.2, 0.25) is 11.8 Å². The average Bonchev–Trinajstić information content (AvgIpc) is 3.12. The number of allylic oxidation sites excluding steroid dienone is 2. The van der Waals surface area contributed by atoms with Crippen LogP contribution in [0.1, 0.15) is 13.3 Å². The predicted octanol–water partition coefficient (Wildman–Crippen LogP) is 2.30. The van der Waals surface area contributed by atoms with Gasteiger partial charge in [-0.1, -0.05) is 18.2 Å². The largest absolute Gasteiger partial charge is 0.274 e. The Labute approximate surface area is 126 Å². The minimum absolute atomic E-state index is 0.0858. The second-order valence-electron chi connectivity index (χ2n) is 6.41. The van der Waals surface area contributed by atoms with Gasteiger partial charge in [-0.25, -0.2) is 4.90 Å². The number of nitro groups is 1. The average molecular weight is 298 g/mol. The Balaban J connectivity index is 1.79. The van der Waals surface area contributed by atoms with Gasteiger partial charge >= 0.3 is 0 Å². The number of non-ortho nitro benzene ring substituents is 1. The maximum atomic E-state index is 12.9. The summed E-state index contributed by atoms with van der Waals surface area (Å²) in [6.07, 6.45) is 4.91. The third-order valence-electron chi connectivity index (χ3n) is 5.41. The molecule has 0 N–H and O–H groups in total. The zero-order chi connectivity index (χ0) is 15.6. The van der Waals surface area contributed by atoms with Gasteiger partial charge < -0.3 is 0 Å². The van der Waals surface area contributed by atoms with Crippen LogP contribution in [-0.2, 0) is 9.59 Å². The molecular weight excluding hydrogens is 284 g/mol. The van der Waals surface area contributed by atoms with Crippen molar-refractivity contribution in [3.8, 4) is 0 Å². The monoisotopic (exact) mass is 298 g/mol. The summed E-state index contributed by atoms with van der Waals surface area (Å²) in [7, 11) is 0. The number of anilines is 1. The maximum absolute atomic E-state index is 12.9. The summed E-state index contributed by atoms with van der Waals surface area (Å²) in [6, 6.07) is 5.71. The number of nitrogens with zero attached hydrogens (tertiary/aromatic N) is 2. The third kappa shape index (κ3) is 1.39. The Kier molecular flexibility index (Phi) is 2.41. The van der Waals surface area contributed by atoms with Gasteiger partial charge in [0.1, 0.15) is 0 Å². The minimum atomic E-state index is -0.707. The normalized spacial score (nSPS) is 35.3. The maximum Gasteiger partial charge on any atom is 0.271 e. The van der Waals surface area contributed by atoms with Gasteiger partial charge in [0.15, 0.2) is 0 Å². The smallest absolute Gasteiger partial charge is 0.271 e. The summed E-state index contributed by atoms with van der Waals surface area (Å²) in [5.41, 5.74) is -0.540. The molecule has 2 fully saturated rings. The van der Waals surface area contributed by atoms with E-state index in [4.69, 9.17) is 0 Å². The standard InChI is InChI=1S/C16H14N2O4/c1-16-10-6-5-9(7-10)13(16)14(19)17(15(16)20)11-3-2-4-12(8-11)18(21)22/h2-6,8-10,13H,7H2,1H3/t9-,10-,13+,16-/m0/s1. The molecule has 0 spiro atoms. The first kappa shape index (κ1) is 13.2. The van der Waals surface area contributed by atoms with Crippen molar-refractivity contribution in [2.24, 2.45) is 23.2 Å². The second-order valence-corrected chi connectivity index (χ2v) is 6.41. The van der Waals surface area contributed by atoms with Crippen molar-refractivity contribution in [1.82, 2.24) is 0 Å². The second kappa shape index (κ2) is 4.03. The van der Waals surface area contributed by atoms with Crippen molar-refractivity contribution >= 4 is 23.2 Å². The van der Waals surface area contributed by atoms with Crippen LogP contribution in [0.2, 0.25) is 0 Å². The molecule has 0 aromatic heterocycles. The highest BCUT2D eigenvalue weighted by molar-refractivity contribution is 6.24. The van der Waals surface area contributed by atoms with E-state index >= 15 is 0 Å². The van der Waals surface area contributed by atoms with Crippen molar-refractivity contribution in [2.45, 2.75) is 13.3 Å². The predicted molar refractivity (Wildman–Crippen MR) is 77.9 cm³/mol. The summed E-state index contributed by atoms with van der Waals surface area (Å²) in [5.74, 6) is -0.614. The molecule has 4 rings (SSSR count). The lowest BCUT2D eigenvalue weighted by Crippen LogP contribution is -2.37. The van der Waals surface area contributed by atoms with Gasteiger partial charge in [0.25, 0.3) is 5.69 Å². The van der Waals surface area contributed by atoms with E-state index in [1.165, 1.54) is 18.2 Å². The number of nitro benzene ring substituents is 1. The zero-order valence-corrected chi connectivity index (χ0v) is 11.9. The molecule has 6 heteroatoms. The molecule has 3 aliphatic rings. The highest BCUT2D eigenvalue weighted by Crippen LogP contribution is 2.60. The van der Waals surface area contributed by atoms with Crippen molar-refractivity contribution in [2.75, 3.05) is 4.90 Å². The molecule has 1 heterocycles. The molecule has 22 heavy (non-hydrogen) atoms. The highest BCUT2D eigenvalue weighted by atomic mass is 16.6. The van der Waals surface area contributed by atoms with Crippen molar-refractivity contribution in [1.29, 1.82) is 0 Å². The molecule has 0 unspecified atom stereocenters. The molecule has 4 atom stereocenters. The first-order chi connectivity index (χ1) is 10.4. The molecule has 2 amide bonds. The third-order valence-corrected chi connectivity index (χ3v) is 5.41. The van der Waals surface area contributed by atoms with Crippen LogP contribution in [0.4, 0.5) is 11.4 Å². The van der Waals surface area contributed by atoms with Gasteiger partial charge in [-0.05, 0) is 31.2 Å². The Bertz CT molecular complexity index is 756. The molecule has 112 valence electrons. The molecule has 1 aliphatic heterocycles. The van der Waals surface area contributed by atoms with E-state index in [1.54, 1.807) is 6.07 Å². The van der Waals surface area contributed by atoms with Gasteiger partial charge in [-0.3, -0.25) is 19.7 Å². The summed E-state index contributed by atoms with van der Waals surface area (Å²) in [5, 5.41) is 10.9. The van der Waals surface area contributed by atoms with E-state index in [9.17, 15) is 19.7 Å². The van der Waals surface area contributed by atoms with E-state index < -0.39 is 10.3 Å². The number of benzene rings is 1. The number of carbonyl (C=O) groups excluding carboxylic acids is 2. The quantitative estimate of drug-likeness (QED) is 0.363. The summed E-state index contributed by atoms with van der Waals surface area (Å²) in [6.45, 7) is 1.85. The Morgan fingerprint density at radius 1 is 1.32 bits per heavy atom. The van der Waals surface area contributed by atoms with Crippen LogP contribution in [0.25, 0.3) is 0 Å². The zero-order valence-electron chi connectivity index (χ0n) is 11.9. The van der Waals surface area contributed by atoms with Crippen LogP contribution >= 0.6 is 0 Å². The van der Waals surface area contributed by atoms with Crippen LogP contribution in [0, 0.1) is 33.3 Å². The lowest BCUT2D eigenvalue weighted by molar-refractivity contribution is -0.384. The molecule has 2 bridgehead atoms. The van der Waals surface area contributed by atoms with E-state index in [-0.39, 0.29) is 35.3 Å². The molecule has 1 aromatic rings. The Morgan fingerprint density at radius 3 is 2.77 bits per heavy atom. The molecule has 1 saturated heterocycles. The van der Waals surface area contributed by atoms with Crippen LogP contribution < -0.4 is 4.90 Å². The van der Waals surface area contributed by atoms with Crippen molar-refractivity contribution < 1.29 is 14.5 Å². The van der Waals surface area contributed by atoms with Crippen LogP contribution in [-0.4, -0.2) is 16.7 Å². The van der Waals surface area contributed by atoms with Crippen LogP contribution in [0.3, 0.4) is 0 Å². The van der Waals surface area contributed by atoms with Gasteiger partial charge in [-0.15, -0.1) is 0 Å². The lowest BCUT2D eigenvalue weighted by Gasteiger charge is -2.28. The Hall–Kier alpha value is -2.50. The Morgan fingerprint density at radius 2 is 2.09 bits per heavy atom. The molecule has 1 saturated carbocycles. The number of amides is 2. The van der Waals surface area contributed by atoms with E-state index in [0.29, 0.717) is 5.69 Å². The minimum Gasteiger partial charge on any atom is -0.274 e. The SMILES string of the molecule is C[C@@]12C(=O)N(c3cccc([N+](=O)[O-])c3)C(=O)[C@H]1[C@H]1C=C[C@H]2C1. The first-order valence-corrected chi connectivity index (χ1v) is 7.26. The highest BCUT2D eigenvalue weighted by Gasteiger charge is 2.67. The number of imide groups is 1. The van der Waals surface area contributed by atoms with Crippen LogP contribution in [0.5, 0.6) is 0 Å². The number of hydrogen-bond acceptors (Lipinski definition) is 4. The first-order valence-electron chi connectivity index (χ1n) is 7.26. The number of hydrogen-bond donors (Lipinski definition) is 0. The summed E-state index contributed by atoms with van der Waals surface area (Å²) in [4.78, 5) is 37.2. The molecule has 6 nitrogen and oxygen atoms in total. The number of rotatable bonds is 2. The van der Waals surface area contributed by atoms with E-state index in [1.807, 2.05) is 19.1 Å². The summed E-state index contributed by atoms with van der Waals surface area (Å²) < 4.78 is 0. The fourth-order valence-electron chi connectivity index (χ4n) is 4.30. The van der Waals surface area contributed by atoms with Crippen LogP contribution in [0.15, 0.2) is 36.4 Å². The van der Waals surface area contributed by atoms with E-state index in [2.05, 4.69) is 0 Å². The van der Waals surface area contributed by atoms with Gasteiger partial charge in [0.05, 0.1) is 21.9 Å². The molecule has 2 aliphatic carbocycles.